The Bertz CT molecular complexity index is 520. The number of fused-ring (bicyclic) bond motifs is 1. The number of carbonyl (C=O) groups is 2. The van der Waals surface area contributed by atoms with E-state index >= 15 is 0 Å². The van der Waals surface area contributed by atoms with Crippen LogP contribution in [0.15, 0.2) is 0 Å². The molecule has 3 aliphatic rings. The van der Waals surface area contributed by atoms with Gasteiger partial charge in [0.2, 0.25) is 0 Å². The Labute approximate surface area is 132 Å². The monoisotopic (exact) mass is 297 g/mol. The van der Waals surface area contributed by atoms with E-state index in [4.69, 9.17) is 0 Å². The number of β-lactam (4-membered cyclic amide) rings is 1. The maximum atomic E-state index is 11.8. The predicted molar refractivity (Wildman–Crippen MR) is 57.0 cm³/mol. The summed E-state index contributed by atoms with van der Waals surface area (Å²) < 4.78 is 32.9. The molecule has 0 unspecified atom stereocenters. The first-order chi connectivity index (χ1) is 8.39. The van der Waals surface area contributed by atoms with E-state index in [9.17, 15) is 22.6 Å². The third-order valence-corrected chi connectivity index (χ3v) is 4.48. The van der Waals surface area contributed by atoms with Crippen LogP contribution in [0, 0.1) is 0 Å². The number of carbonyl (C=O) groups excluding carboxylic acids is 2. The Balaban J connectivity index is 0.00000133. The van der Waals surface area contributed by atoms with Gasteiger partial charge in [-0.3, -0.25) is 4.79 Å². The van der Waals surface area contributed by atoms with Crippen LogP contribution >= 0.6 is 0 Å². The minimum atomic E-state index is -4.75. The number of hydrogen-bond donors (Lipinski definition) is 1. The van der Waals surface area contributed by atoms with Gasteiger partial charge in [-0.25, -0.2) is 17.5 Å². The van der Waals surface area contributed by atoms with Crippen molar-refractivity contribution in [3.8, 4) is 0 Å². The molecule has 0 aromatic carbocycles. The molecule has 1 N–H and O–H groups in total. The molecule has 3 rings (SSSR count). The average molecular weight is 297 g/mol. The van der Waals surface area contributed by atoms with Crippen LogP contribution in [0.1, 0.15) is 19.3 Å². The first kappa shape index (κ1) is 15.0. The van der Waals surface area contributed by atoms with Crippen LogP contribution in [0.25, 0.3) is 0 Å². The quantitative estimate of drug-likeness (QED) is 0.314. The molecule has 0 radical (unpaired) electrons. The van der Waals surface area contributed by atoms with Crippen LogP contribution < -0.4 is 34.9 Å². The molecule has 1 aliphatic carbocycles. The zero-order chi connectivity index (χ0) is 13.1. The second-order valence-corrected chi connectivity index (χ2v) is 6.06. The van der Waals surface area contributed by atoms with Gasteiger partial charge in [-0.1, -0.05) is 0 Å². The van der Waals surface area contributed by atoms with Crippen LogP contribution in [-0.2, 0) is 15.1 Å². The Kier molecular flexibility index (Phi) is 3.87. The molecule has 2 atom stereocenters. The van der Waals surface area contributed by atoms with E-state index in [1.54, 1.807) is 0 Å². The second-order valence-electron chi connectivity index (χ2n) is 4.81. The molecule has 3 fully saturated rings. The van der Waals surface area contributed by atoms with Crippen LogP contribution in [0.4, 0.5) is 4.79 Å². The Morgan fingerprint density at radius 3 is 2.47 bits per heavy atom. The minimum absolute atomic E-state index is 0. The summed E-state index contributed by atoms with van der Waals surface area (Å²) in [5, 5.41) is 2.74. The molecule has 3 amide bonds. The third-order valence-electron chi connectivity index (χ3n) is 3.54. The molecule has 0 aromatic rings. The van der Waals surface area contributed by atoms with Crippen molar-refractivity contribution in [1.82, 2.24) is 14.5 Å². The molecule has 2 saturated heterocycles. The standard InChI is InChI=1S/C9H13N3O5S.Na/c13-8-7-6(12(8)18(15,16)17)3-4-11(7)9(14)10-5-1-2-5;/h5-7H,1-4H2,(H,10,14)(H,15,16,17);/q;+1/p-1/t6-,7+;/m1./s1. The summed E-state index contributed by atoms with van der Waals surface area (Å²) in [7, 11) is -4.75. The normalized spacial score (nSPS) is 29.4. The summed E-state index contributed by atoms with van der Waals surface area (Å²) in [4.78, 5) is 24.8. The van der Waals surface area contributed by atoms with Gasteiger partial charge >= 0.3 is 35.6 Å². The maximum Gasteiger partial charge on any atom is 1.00 e. The SMILES string of the molecule is O=C(NC1CC1)N1CC[C@@H]2[C@H]1C(=O)N2S(=O)(=O)[O-].[Na+]. The third kappa shape index (κ3) is 2.49. The Morgan fingerprint density at radius 1 is 1.32 bits per heavy atom. The first-order valence-electron chi connectivity index (χ1n) is 5.76. The zero-order valence-electron chi connectivity index (χ0n) is 10.4. The van der Waals surface area contributed by atoms with Gasteiger partial charge < -0.3 is 14.8 Å². The van der Waals surface area contributed by atoms with Crippen molar-refractivity contribution in [3.63, 3.8) is 0 Å². The van der Waals surface area contributed by atoms with Crippen molar-refractivity contribution >= 4 is 22.2 Å². The molecule has 2 aliphatic heterocycles. The molecule has 0 aromatic heterocycles. The van der Waals surface area contributed by atoms with Gasteiger partial charge in [0.15, 0.2) is 10.3 Å². The molecule has 100 valence electrons. The van der Waals surface area contributed by atoms with Gasteiger partial charge in [-0.2, -0.15) is 0 Å². The number of nitrogens with one attached hydrogen (secondary N) is 1. The minimum Gasteiger partial charge on any atom is -0.731 e. The molecule has 0 spiro atoms. The first-order valence-corrected chi connectivity index (χ1v) is 7.12. The number of amides is 3. The molecule has 10 heteroatoms. The van der Waals surface area contributed by atoms with E-state index < -0.39 is 28.3 Å². The fourth-order valence-corrected chi connectivity index (χ4v) is 3.40. The number of urea groups is 1. The predicted octanol–water partition coefficient (Wildman–Crippen LogP) is -4.39. The summed E-state index contributed by atoms with van der Waals surface area (Å²) in [6.45, 7) is 0.297. The van der Waals surface area contributed by atoms with Crippen molar-refractivity contribution in [2.24, 2.45) is 0 Å². The van der Waals surface area contributed by atoms with E-state index in [2.05, 4.69) is 5.32 Å². The van der Waals surface area contributed by atoms with Gasteiger partial charge in [0.1, 0.15) is 6.04 Å². The second kappa shape index (κ2) is 4.88. The average Bonchev–Trinajstić information content (AvgIpc) is 2.95. The van der Waals surface area contributed by atoms with Crippen molar-refractivity contribution in [1.29, 1.82) is 0 Å². The van der Waals surface area contributed by atoms with Crippen molar-refractivity contribution in [3.05, 3.63) is 0 Å². The van der Waals surface area contributed by atoms with Crippen molar-refractivity contribution < 1.29 is 52.1 Å². The maximum absolute atomic E-state index is 11.8. The van der Waals surface area contributed by atoms with E-state index in [-0.39, 0.29) is 41.6 Å². The fraction of sp³-hybridized carbons (Fsp3) is 0.778. The van der Waals surface area contributed by atoms with Gasteiger partial charge in [0, 0.05) is 12.6 Å². The van der Waals surface area contributed by atoms with Crippen LogP contribution in [-0.4, -0.2) is 58.8 Å². The fourth-order valence-electron chi connectivity index (χ4n) is 2.52. The van der Waals surface area contributed by atoms with E-state index in [0.29, 0.717) is 17.3 Å². The Hall–Kier alpha value is -0.350. The van der Waals surface area contributed by atoms with E-state index in [0.717, 1.165) is 12.8 Å². The molecule has 19 heavy (non-hydrogen) atoms. The molecular weight excluding hydrogens is 285 g/mol. The van der Waals surface area contributed by atoms with Crippen LogP contribution in [0.2, 0.25) is 0 Å². The Morgan fingerprint density at radius 2 is 1.95 bits per heavy atom. The number of rotatable bonds is 2. The summed E-state index contributed by atoms with van der Waals surface area (Å²) in [5.74, 6) is -0.793. The molecular formula is C9H12N3NaO5S. The molecule has 0 bridgehead atoms. The van der Waals surface area contributed by atoms with Gasteiger partial charge in [0.05, 0.1) is 6.04 Å². The number of likely N-dealkylation sites (tertiary alicyclic amines) is 1. The van der Waals surface area contributed by atoms with Crippen LogP contribution in [0.5, 0.6) is 0 Å². The van der Waals surface area contributed by atoms with Gasteiger partial charge in [-0.15, -0.1) is 0 Å². The summed E-state index contributed by atoms with van der Waals surface area (Å²) in [5.41, 5.74) is 0. The topological polar surface area (TPSA) is 110 Å². The summed E-state index contributed by atoms with van der Waals surface area (Å²) >= 11 is 0. The smallest absolute Gasteiger partial charge is 0.731 e. The van der Waals surface area contributed by atoms with Crippen molar-refractivity contribution in [2.45, 2.75) is 37.4 Å². The zero-order valence-corrected chi connectivity index (χ0v) is 13.2. The number of nitrogens with zero attached hydrogens (tertiary/aromatic N) is 2. The van der Waals surface area contributed by atoms with Crippen molar-refractivity contribution in [2.75, 3.05) is 6.54 Å². The van der Waals surface area contributed by atoms with Crippen LogP contribution in [0.3, 0.4) is 0 Å². The van der Waals surface area contributed by atoms with Gasteiger partial charge in [-0.05, 0) is 19.3 Å². The summed E-state index contributed by atoms with van der Waals surface area (Å²) in [6.07, 6.45) is 2.20. The molecule has 8 nitrogen and oxygen atoms in total. The number of hydrogen-bond acceptors (Lipinski definition) is 5. The van der Waals surface area contributed by atoms with E-state index in [1.807, 2.05) is 0 Å². The van der Waals surface area contributed by atoms with E-state index in [1.165, 1.54) is 4.90 Å². The molecule has 2 heterocycles. The molecule has 1 saturated carbocycles. The van der Waals surface area contributed by atoms with Gasteiger partial charge in [0.25, 0.3) is 5.91 Å². The largest absolute Gasteiger partial charge is 1.00 e. The summed E-state index contributed by atoms with van der Waals surface area (Å²) in [6, 6.07) is -1.63.